The number of aromatic nitrogens is 1. The van der Waals surface area contributed by atoms with E-state index in [4.69, 9.17) is 0 Å². The molecule has 1 amide bonds. The summed E-state index contributed by atoms with van der Waals surface area (Å²) in [5, 5.41) is 12.1. The number of carbonyl (C=O) groups excluding carboxylic acids is 1. The number of aliphatic hydroxyl groups excluding tert-OH is 1. The number of likely N-dealkylation sites (tertiary alicyclic amines) is 1. The number of benzene rings is 2. The number of rotatable bonds is 5. The Bertz CT molecular complexity index is 1010. The molecule has 0 radical (unpaired) electrons. The smallest absolute Gasteiger partial charge is 0.227 e. The van der Waals surface area contributed by atoms with Gasteiger partial charge in [-0.25, -0.2) is 0 Å². The van der Waals surface area contributed by atoms with Crippen molar-refractivity contribution in [3.63, 3.8) is 0 Å². The van der Waals surface area contributed by atoms with Gasteiger partial charge in [-0.3, -0.25) is 4.79 Å². The van der Waals surface area contributed by atoms with Crippen molar-refractivity contribution in [3.05, 3.63) is 48.0 Å². The summed E-state index contributed by atoms with van der Waals surface area (Å²) >= 11 is 0. The summed E-state index contributed by atoms with van der Waals surface area (Å²) in [5.74, 6) is 0.663. The molecule has 3 aromatic rings. The van der Waals surface area contributed by atoms with Crippen molar-refractivity contribution in [2.45, 2.75) is 6.42 Å². The molecule has 0 aliphatic carbocycles. The second-order valence-electron chi connectivity index (χ2n) is 8.37. The van der Waals surface area contributed by atoms with Gasteiger partial charge >= 0.3 is 0 Å². The molecule has 1 N–H and O–H groups in total. The number of fused-ring (bicyclic) bond motifs is 3. The number of hydrogen-bond donors (Lipinski definition) is 1. The van der Waals surface area contributed by atoms with Crippen molar-refractivity contribution in [1.29, 1.82) is 0 Å². The van der Waals surface area contributed by atoms with Gasteiger partial charge in [-0.1, -0.05) is 24.3 Å². The number of aryl methyl sites for hydroxylation is 1. The van der Waals surface area contributed by atoms with Gasteiger partial charge in [0.1, 0.15) is 0 Å². The average molecular weight is 380 g/mol. The van der Waals surface area contributed by atoms with Crippen LogP contribution in [0.2, 0.25) is 0 Å². The number of amides is 1. The van der Waals surface area contributed by atoms with Gasteiger partial charge in [0.25, 0.3) is 0 Å². The summed E-state index contributed by atoms with van der Waals surface area (Å²) < 4.78 is 2.20. The van der Waals surface area contributed by atoms with Gasteiger partial charge < -0.3 is 19.5 Å². The molecule has 5 heteroatoms. The maximum atomic E-state index is 12.9. The minimum atomic E-state index is 0.143. The van der Waals surface area contributed by atoms with E-state index in [0.29, 0.717) is 18.9 Å². The van der Waals surface area contributed by atoms with E-state index < -0.39 is 0 Å². The van der Waals surface area contributed by atoms with E-state index >= 15 is 0 Å². The van der Waals surface area contributed by atoms with Gasteiger partial charge in [0.15, 0.2) is 0 Å². The topological polar surface area (TPSA) is 48.7 Å². The van der Waals surface area contributed by atoms with Crippen LogP contribution in [0.4, 0.5) is 0 Å². The quantitative estimate of drug-likeness (QED) is 0.741. The van der Waals surface area contributed by atoms with Gasteiger partial charge in [0, 0.05) is 61.0 Å². The standard InChI is InChI=1S/C23H29N3O2/c1-24(2)12-17-13-26(14-18(17)15-27)23(28)11-16-8-9-22-20(10-16)19-6-4-5-7-21(19)25(22)3/h4-10,17-18,27H,11-15H2,1-3H3/t17-,18-/m1/s1. The molecule has 0 spiro atoms. The van der Waals surface area contributed by atoms with E-state index in [1.54, 1.807) is 0 Å². The summed E-state index contributed by atoms with van der Waals surface area (Å²) in [4.78, 5) is 17.0. The Morgan fingerprint density at radius 3 is 2.54 bits per heavy atom. The molecule has 0 unspecified atom stereocenters. The highest BCUT2D eigenvalue weighted by atomic mass is 16.3. The first-order valence-corrected chi connectivity index (χ1v) is 9.97. The Morgan fingerprint density at radius 2 is 1.79 bits per heavy atom. The Kier molecular flexibility index (Phi) is 5.13. The Morgan fingerprint density at radius 1 is 1.07 bits per heavy atom. The molecule has 2 heterocycles. The second-order valence-corrected chi connectivity index (χ2v) is 8.37. The molecule has 5 nitrogen and oxygen atoms in total. The minimum Gasteiger partial charge on any atom is -0.396 e. The number of nitrogens with zero attached hydrogens (tertiary/aromatic N) is 3. The average Bonchev–Trinajstić information content (AvgIpc) is 3.21. The van der Waals surface area contributed by atoms with E-state index in [-0.39, 0.29) is 18.4 Å². The molecule has 1 aromatic heterocycles. The van der Waals surface area contributed by atoms with Crippen molar-refractivity contribution in [2.24, 2.45) is 18.9 Å². The summed E-state index contributed by atoms with van der Waals surface area (Å²) in [6, 6.07) is 14.7. The van der Waals surface area contributed by atoms with Crippen LogP contribution in [0, 0.1) is 11.8 Å². The van der Waals surface area contributed by atoms with Crippen LogP contribution in [0.1, 0.15) is 5.56 Å². The highest BCUT2D eigenvalue weighted by Crippen LogP contribution is 2.29. The fourth-order valence-corrected chi connectivity index (χ4v) is 4.64. The first kappa shape index (κ1) is 19.0. The van der Waals surface area contributed by atoms with Crippen LogP contribution >= 0.6 is 0 Å². The van der Waals surface area contributed by atoms with E-state index in [9.17, 15) is 9.90 Å². The molecular weight excluding hydrogens is 350 g/mol. The highest BCUT2D eigenvalue weighted by molar-refractivity contribution is 6.08. The van der Waals surface area contributed by atoms with Crippen molar-refractivity contribution in [3.8, 4) is 0 Å². The van der Waals surface area contributed by atoms with Crippen LogP contribution in [0.15, 0.2) is 42.5 Å². The zero-order chi connectivity index (χ0) is 19.8. The third-order valence-electron chi connectivity index (χ3n) is 6.10. The fraction of sp³-hybridized carbons (Fsp3) is 0.435. The Balaban J connectivity index is 1.55. The van der Waals surface area contributed by atoms with Crippen molar-refractivity contribution < 1.29 is 9.90 Å². The molecule has 148 valence electrons. The van der Waals surface area contributed by atoms with E-state index in [2.05, 4.69) is 59.0 Å². The zero-order valence-corrected chi connectivity index (χ0v) is 16.9. The van der Waals surface area contributed by atoms with E-state index in [1.165, 1.54) is 21.8 Å². The maximum Gasteiger partial charge on any atom is 0.227 e. The van der Waals surface area contributed by atoms with Gasteiger partial charge in [-0.2, -0.15) is 0 Å². The van der Waals surface area contributed by atoms with Crippen LogP contribution in [-0.2, 0) is 18.3 Å². The number of para-hydroxylation sites is 1. The number of hydrogen-bond acceptors (Lipinski definition) is 3. The van der Waals surface area contributed by atoms with Crippen molar-refractivity contribution in [1.82, 2.24) is 14.4 Å². The lowest BCUT2D eigenvalue weighted by Crippen LogP contribution is -2.31. The Labute approximate surface area is 166 Å². The molecular formula is C23H29N3O2. The van der Waals surface area contributed by atoms with E-state index in [0.717, 1.165) is 18.7 Å². The Hall–Kier alpha value is -2.37. The molecule has 28 heavy (non-hydrogen) atoms. The summed E-state index contributed by atoms with van der Waals surface area (Å²) in [6.07, 6.45) is 0.409. The first-order chi connectivity index (χ1) is 13.5. The van der Waals surface area contributed by atoms with Crippen LogP contribution in [-0.4, -0.2) is 65.7 Å². The van der Waals surface area contributed by atoms with Crippen LogP contribution in [0.3, 0.4) is 0 Å². The fourth-order valence-electron chi connectivity index (χ4n) is 4.64. The molecule has 2 atom stereocenters. The predicted octanol–water partition coefficient (Wildman–Crippen LogP) is 2.50. The van der Waals surface area contributed by atoms with Gasteiger partial charge in [0.05, 0.1) is 6.42 Å². The van der Waals surface area contributed by atoms with Crippen molar-refractivity contribution in [2.75, 3.05) is 40.3 Å². The molecule has 1 aliphatic rings. The predicted molar refractivity (Wildman–Crippen MR) is 113 cm³/mol. The first-order valence-electron chi connectivity index (χ1n) is 9.97. The van der Waals surface area contributed by atoms with Gasteiger partial charge in [0.2, 0.25) is 5.91 Å². The van der Waals surface area contributed by atoms with Crippen LogP contribution in [0.25, 0.3) is 21.8 Å². The molecule has 2 aromatic carbocycles. The van der Waals surface area contributed by atoms with E-state index in [1.807, 2.05) is 19.0 Å². The number of carbonyl (C=O) groups is 1. The summed E-state index contributed by atoms with van der Waals surface area (Å²) in [7, 11) is 6.16. The lowest BCUT2D eigenvalue weighted by molar-refractivity contribution is -0.129. The third kappa shape index (κ3) is 3.40. The normalized spacial score (nSPS) is 20.0. The maximum absolute atomic E-state index is 12.9. The minimum absolute atomic E-state index is 0.143. The third-order valence-corrected chi connectivity index (χ3v) is 6.10. The molecule has 1 saturated heterocycles. The van der Waals surface area contributed by atoms with Crippen molar-refractivity contribution >= 4 is 27.7 Å². The van der Waals surface area contributed by atoms with Crippen LogP contribution in [0.5, 0.6) is 0 Å². The zero-order valence-electron chi connectivity index (χ0n) is 16.9. The lowest BCUT2D eigenvalue weighted by Gasteiger charge is -2.20. The SMILES string of the molecule is CN(C)C[C@@H]1CN(C(=O)Cc2ccc3c(c2)c2ccccc2n3C)C[C@@H]1CO. The van der Waals surface area contributed by atoms with Crippen LogP contribution < -0.4 is 0 Å². The highest BCUT2D eigenvalue weighted by Gasteiger charge is 2.34. The van der Waals surface area contributed by atoms with Gasteiger partial charge in [-0.15, -0.1) is 0 Å². The molecule has 1 aliphatic heterocycles. The summed E-state index contributed by atoms with van der Waals surface area (Å²) in [6.45, 7) is 2.43. The lowest BCUT2D eigenvalue weighted by atomic mass is 9.97. The largest absolute Gasteiger partial charge is 0.396 e. The number of aliphatic hydroxyl groups is 1. The monoisotopic (exact) mass is 379 g/mol. The molecule has 4 rings (SSSR count). The summed E-state index contributed by atoms with van der Waals surface area (Å²) in [5.41, 5.74) is 3.44. The molecule has 0 bridgehead atoms. The molecule has 0 saturated carbocycles. The molecule has 1 fully saturated rings. The second kappa shape index (κ2) is 7.57. The van der Waals surface area contributed by atoms with Gasteiger partial charge in [-0.05, 0) is 43.8 Å².